The van der Waals surface area contributed by atoms with E-state index in [4.69, 9.17) is 4.74 Å². The van der Waals surface area contributed by atoms with Gasteiger partial charge in [-0.3, -0.25) is 10.1 Å². The topological polar surface area (TPSA) is 38.3 Å². The third kappa shape index (κ3) is 2.75. The van der Waals surface area contributed by atoms with Crippen molar-refractivity contribution < 1.29 is 9.53 Å². The van der Waals surface area contributed by atoms with Crippen molar-refractivity contribution in [2.75, 3.05) is 6.61 Å². The first kappa shape index (κ1) is 13.6. The van der Waals surface area contributed by atoms with Gasteiger partial charge in [-0.25, -0.2) is 0 Å². The zero-order valence-corrected chi connectivity index (χ0v) is 11.9. The number of rotatable bonds is 7. The van der Waals surface area contributed by atoms with Gasteiger partial charge < -0.3 is 4.74 Å². The van der Waals surface area contributed by atoms with Crippen LogP contribution in [0.5, 0.6) is 0 Å². The minimum absolute atomic E-state index is 0.0773. The van der Waals surface area contributed by atoms with Crippen LogP contribution in [0, 0.1) is 5.92 Å². The Labute approximate surface area is 113 Å². The zero-order valence-electron chi connectivity index (χ0n) is 11.1. The molecule has 1 saturated carbocycles. The predicted molar refractivity (Wildman–Crippen MR) is 73.5 cm³/mol. The number of carbonyl (C=O) groups is 1. The van der Waals surface area contributed by atoms with Crippen LogP contribution in [0.15, 0.2) is 17.5 Å². The van der Waals surface area contributed by atoms with Crippen LogP contribution in [-0.4, -0.2) is 18.1 Å². The molecule has 1 aromatic rings. The SMILES string of the molecule is CCOC(=O)C(CC)(NCc1cccs1)C1CC1. The van der Waals surface area contributed by atoms with Gasteiger partial charge in [-0.15, -0.1) is 11.3 Å². The minimum atomic E-state index is -0.472. The molecule has 1 atom stereocenters. The molecule has 1 N–H and O–H groups in total. The Morgan fingerprint density at radius 2 is 2.33 bits per heavy atom. The summed E-state index contributed by atoms with van der Waals surface area (Å²) in [5.74, 6) is 0.369. The highest BCUT2D eigenvalue weighted by atomic mass is 32.1. The third-order valence-corrected chi connectivity index (χ3v) is 4.51. The van der Waals surface area contributed by atoms with E-state index >= 15 is 0 Å². The lowest BCUT2D eigenvalue weighted by atomic mass is 9.90. The maximum absolute atomic E-state index is 12.3. The molecular formula is C14H21NO2S. The molecule has 0 aromatic carbocycles. The Morgan fingerprint density at radius 1 is 1.56 bits per heavy atom. The van der Waals surface area contributed by atoms with E-state index in [0.29, 0.717) is 12.5 Å². The van der Waals surface area contributed by atoms with Gasteiger partial charge in [0.05, 0.1) is 6.61 Å². The van der Waals surface area contributed by atoms with Gasteiger partial charge in [0.25, 0.3) is 0 Å². The van der Waals surface area contributed by atoms with E-state index in [0.717, 1.165) is 25.8 Å². The molecule has 0 aliphatic heterocycles. The van der Waals surface area contributed by atoms with Gasteiger partial charge >= 0.3 is 5.97 Å². The van der Waals surface area contributed by atoms with Crippen molar-refractivity contribution in [3.05, 3.63) is 22.4 Å². The molecule has 3 nitrogen and oxygen atoms in total. The van der Waals surface area contributed by atoms with Crippen molar-refractivity contribution in [3.63, 3.8) is 0 Å². The number of esters is 1. The number of hydrogen-bond acceptors (Lipinski definition) is 4. The minimum Gasteiger partial charge on any atom is -0.465 e. The highest BCUT2D eigenvalue weighted by Gasteiger charge is 2.50. The summed E-state index contributed by atoms with van der Waals surface area (Å²) < 4.78 is 5.27. The molecule has 1 aliphatic carbocycles. The second-order valence-corrected chi connectivity index (χ2v) is 5.78. The van der Waals surface area contributed by atoms with E-state index in [9.17, 15) is 4.79 Å². The fraction of sp³-hybridized carbons (Fsp3) is 0.643. The van der Waals surface area contributed by atoms with E-state index in [1.807, 2.05) is 13.0 Å². The molecule has 0 saturated heterocycles. The fourth-order valence-electron chi connectivity index (χ4n) is 2.44. The molecule has 0 radical (unpaired) electrons. The maximum Gasteiger partial charge on any atom is 0.326 e. The standard InChI is InChI=1S/C14H21NO2S/c1-3-14(11-7-8-11,13(16)17-4-2)15-10-12-6-5-9-18-12/h5-6,9,11,15H,3-4,7-8,10H2,1-2H3. The third-order valence-electron chi connectivity index (χ3n) is 3.63. The van der Waals surface area contributed by atoms with E-state index in [2.05, 4.69) is 23.7 Å². The average molecular weight is 267 g/mol. The number of carbonyl (C=O) groups excluding carboxylic acids is 1. The van der Waals surface area contributed by atoms with Gasteiger partial charge in [0.1, 0.15) is 5.54 Å². The van der Waals surface area contributed by atoms with E-state index in [1.165, 1.54) is 4.88 Å². The van der Waals surface area contributed by atoms with E-state index in [-0.39, 0.29) is 5.97 Å². The van der Waals surface area contributed by atoms with Gasteiger partial charge in [-0.05, 0) is 43.6 Å². The molecule has 100 valence electrons. The van der Waals surface area contributed by atoms with Gasteiger partial charge in [0, 0.05) is 11.4 Å². The molecule has 1 aliphatic rings. The average Bonchev–Trinajstić information content (AvgIpc) is 3.08. The first-order valence-corrected chi connectivity index (χ1v) is 7.55. The van der Waals surface area contributed by atoms with Gasteiger partial charge in [-0.1, -0.05) is 13.0 Å². The summed E-state index contributed by atoms with van der Waals surface area (Å²) in [5.41, 5.74) is -0.472. The van der Waals surface area contributed by atoms with Crippen LogP contribution >= 0.6 is 11.3 Å². The molecule has 0 amide bonds. The van der Waals surface area contributed by atoms with Crippen LogP contribution in [0.1, 0.15) is 38.0 Å². The van der Waals surface area contributed by atoms with Crippen molar-refractivity contribution in [1.29, 1.82) is 0 Å². The second kappa shape index (κ2) is 5.85. The van der Waals surface area contributed by atoms with Crippen molar-refractivity contribution in [2.24, 2.45) is 5.92 Å². The highest BCUT2D eigenvalue weighted by Crippen LogP contribution is 2.42. The lowest BCUT2D eigenvalue weighted by Gasteiger charge is -2.31. The van der Waals surface area contributed by atoms with Crippen LogP contribution < -0.4 is 5.32 Å². The summed E-state index contributed by atoms with van der Waals surface area (Å²) in [6.45, 7) is 5.13. The van der Waals surface area contributed by atoms with Gasteiger partial charge in [0.2, 0.25) is 0 Å². The summed E-state index contributed by atoms with van der Waals surface area (Å²) in [4.78, 5) is 13.5. The highest BCUT2D eigenvalue weighted by molar-refractivity contribution is 7.09. The summed E-state index contributed by atoms with van der Waals surface area (Å²) in [6, 6.07) is 4.13. The smallest absolute Gasteiger partial charge is 0.326 e. The largest absolute Gasteiger partial charge is 0.465 e. The number of ether oxygens (including phenoxy) is 1. The molecule has 2 rings (SSSR count). The first-order valence-electron chi connectivity index (χ1n) is 6.67. The summed E-state index contributed by atoms with van der Waals surface area (Å²) in [5, 5.41) is 5.53. The molecule has 1 fully saturated rings. The van der Waals surface area contributed by atoms with Crippen LogP contribution in [0.4, 0.5) is 0 Å². The number of thiophene rings is 1. The van der Waals surface area contributed by atoms with E-state index < -0.39 is 5.54 Å². The predicted octanol–water partition coefficient (Wildman–Crippen LogP) is 2.96. The summed E-state index contributed by atoms with van der Waals surface area (Å²) >= 11 is 1.72. The lowest BCUT2D eigenvalue weighted by molar-refractivity contribution is -0.152. The van der Waals surface area contributed by atoms with Crippen molar-refractivity contribution in [1.82, 2.24) is 5.32 Å². The van der Waals surface area contributed by atoms with Gasteiger partial charge in [-0.2, -0.15) is 0 Å². The van der Waals surface area contributed by atoms with Crippen molar-refractivity contribution >= 4 is 17.3 Å². The molecule has 1 heterocycles. The Bertz CT molecular complexity index is 387. The Kier molecular flexibility index (Phi) is 4.40. The summed E-state index contributed by atoms with van der Waals surface area (Å²) in [6.07, 6.45) is 3.05. The molecule has 18 heavy (non-hydrogen) atoms. The van der Waals surface area contributed by atoms with Crippen LogP contribution in [0.2, 0.25) is 0 Å². The maximum atomic E-state index is 12.3. The number of nitrogens with one attached hydrogen (secondary N) is 1. The molecule has 1 aromatic heterocycles. The normalized spacial score (nSPS) is 18.3. The van der Waals surface area contributed by atoms with Crippen molar-refractivity contribution in [2.45, 2.75) is 45.2 Å². The summed E-state index contributed by atoms with van der Waals surface area (Å²) in [7, 11) is 0. The van der Waals surface area contributed by atoms with Crippen LogP contribution in [-0.2, 0) is 16.1 Å². The van der Waals surface area contributed by atoms with Crippen LogP contribution in [0.25, 0.3) is 0 Å². The molecule has 4 heteroatoms. The monoisotopic (exact) mass is 267 g/mol. The quantitative estimate of drug-likeness (QED) is 0.772. The van der Waals surface area contributed by atoms with E-state index in [1.54, 1.807) is 11.3 Å². The second-order valence-electron chi connectivity index (χ2n) is 4.75. The zero-order chi connectivity index (χ0) is 13.0. The fourth-order valence-corrected chi connectivity index (χ4v) is 3.08. The van der Waals surface area contributed by atoms with Gasteiger partial charge in [0.15, 0.2) is 0 Å². The Morgan fingerprint density at radius 3 is 2.83 bits per heavy atom. The van der Waals surface area contributed by atoms with Crippen molar-refractivity contribution in [3.8, 4) is 0 Å². The molecular weight excluding hydrogens is 246 g/mol. The Hall–Kier alpha value is -0.870. The van der Waals surface area contributed by atoms with Crippen LogP contribution in [0.3, 0.4) is 0 Å². The molecule has 1 unspecified atom stereocenters. The molecule has 0 bridgehead atoms. The number of hydrogen-bond donors (Lipinski definition) is 1. The first-order chi connectivity index (χ1) is 8.73. The lowest BCUT2D eigenvalue weighted by Crippen LogP contribution is -2.54. The molecule has 0 spiro atoms. The Balaban J connectivity index is 2.06.